The van der Waals surface area contributed by atoms with Crippen LogP contribution < -0.4 is 9.47 Å². The van der Waals surface area contributed by atoms with Crippen LogP contribution in [0.4, 0.5) is 4.39 Å². The summed E-state index contributed by atoms with van der Waals surface area (Å²) in [4.78, 5) is 2.51. The summed E-state index contributed by atoms with van der Waals surface area (Å²) in [7, 11) is 5.69. The van der Waals surface area contributed by atoms with Gasteiger partial charge in [0.05, 0.1) is 18.4 Å². The molecular weight excluding hydrogens is 473 g/mol. The lowest BCUT2D eigenvalue weighted by Crippen LogP contribution is -2.78. The average molecular weight is 502 g/mol. The SMILES string of the molecule is COc1ccc2c3c1O[C@@H]1[C@@]4(OC)C=C[C@@]5(C[C@H]4c4nnc(-c6ccc(F)cc6)o4)[C@@H](C2)N(C)CC[C@]315. The van der Waals surface area contributed by atoms with Crippen molar-refractivity contribution in [3.8, 4) is 23.0 Å². The topological polar surface area (TPSA) is 69.8 Å². The van der Waals surface area contributed by atoms with E-state index in [1.165, 1.54) is 23.3 Å². The van der Waals surface area contributed by atoms with E-state index in [0.29, 0.717) is 23.4 Å². The smallest absolute Gasteiger partial charge is 0.247 e. The molecule has 8 heteroatoms. The van der Waals surface area contributed by atoms with E-state index in [-0.39, 0.29) is 28.7 Å². The highest BCUT2D eigenvalue weighted by atomic mass is 19.1. The fourth-order valence-electron chi connectivity index (χ4n) is 8.57. The van der Waals surface area contributed by atoms with Crippen molar-refractivity contribution in [2.45, 2.75) is 48.3 Å². The molecule has 6 aliphatic rings. The number of likely N-dealkylation sites (tertiary alicyclic amines) is 1. The van der Waals surface area contributed by atoms with E-state index in [4.69, 9.17) is 18.6 Å². The Bertz CT molecular complexity index is 1470. The van der Waals surface area contributed by atoms with Crippen molar-refractivity contribution in [2.24, 2.45) is 5.41 Å². The zero-order valence-corrected chi connectivity index (χ0v) is 21.0. The number of nitrogens with zero attached hydrogens (tertiary/aromatic N) is 3. The second kappa shape index (κ2) is 6.99. The second-order valence-corrected chi connectivity index (χ2v) is 11.2. The van der Waals surface area contributed by atoms with Gasteiger partial charge in [-0.2, -0.15) is 0 Å². The Morgan fingerprint density at radius 2 is 1.92 bits per heavy atom. The van der Waals surface area contributed by atoms with Gasteiger partial charge in [0.1, 0.15) is 17.5 Å². The molecule has 0 N–H and O–H groups in total. The Hall–Kier alpha value is -3.23. The van der Waals surface area contributed by atoms with Crippen molar-refractivity contribution in [3.05, 3.63) is 71.4 Å². The molecular formula is C29H28FN3O4. The highest BCUT2D eigenvalue weighted by Crippen LogP contribution is 2.75. The van der Waals surface area contributed by atoms with E-state index in [0.717, 1.165) is 37.3 Å². The molecule has 3 aromatic rings. The molecule has 3 heterocycles. The van der Waals surface area contributed by atoms with Crippen LogP contribution in [-0.2, 0) is 16.6 Å². The first-order chi connectivity index (χ1) is 18.0. The normalized spacial score (nSPS) is 36.4. The monoisotopic (exact) mass is 501 g/mol. The average Bonchev–Trinajstić information content (AvgIpc) is 3.55. The standard InChI is InChI=1S/C29H28FN3O4/c1-33-13-12-28-22-17-6-9-20(34-2)23(22)36-26(28)29(35-3)11-10-27(28,21(33)14-17)15-19(29)25-32-31-24(37-25)16-4-7-18(30)8-5-16/h4-11,19,21,26H,12-15H2,1-3H3/t19-,21+,26-,27+,28-,29+/m0/s1. The number of aromatic nitrogens is 2. The largest absolute Gasteiger partial charge is 0.493 e. The molecule has 37 heavy (non-hydrogen) atoms. The highest BCUT2D eigenvalue weighted by Gasteiger charge is 2.79. The van der Waals surface area contributed by atoms with Crippen LogP contribution in [0.15, 0.2) is 53.0 Å². The Balaban J connectivity index is 1.33. The number of likely N-dealkylation sites (N-methyl/N-ethyl adjacent to an activating group) is 1. The lowest BCUT2D eigenvalue weighted by atomic mass is 9.37. The lowest BCUT2D eigenvalue weighted by Gasteiger charge is -2.70. The number of halogens is 1. The molecule has 2 fully saturated rings. The molecule has 4 bridgehead atoms. The molecule has 1 saturated carbocycles. The van der Waals surface area contributed by atoms with E-state index < -0.39 is 5.60 Å². The Labute approximate surface area is 214 Å². The molecule has 4 aliphatic carbocycles. The molecule has 9 rings (SSSR count). The van der Waals surface area contributed by atoms with Crippen LogP contribution in [0.5, 0.6) is 11.5 Å². The zero-order chi connectivity index (χ0) is 25.2. The molecule has 0 unspecified atom stereocenters. The molecule has 0 amide bonds. The third kappa shape index (κ3) is 2.36. The second-order valence-electron chi connectivity index (χ2n) is 11.2. The van der Waals surface area contributed by atoms with Gasteiger partial charge in [-0.3, -0.25) is 0 Å². The molecule has 2 aliphatic heterocycles. The Morgan fingerprint density at radius 1 is 1.08 bits per heavy atom. The van der Waals surface area contributed by atoms with Gasteiger partial charge in [0.25, 0.3) is 0 Å². The van der Waals surface area contributed by atoms with E-state index in [9.17, 15) is 4.39 Å². The predicted molar refractivity (Wildman–Crippen MR) is 132 cm³/mol. The van der Waals surface area contributed by atoms with E-state index in [1.54, 1.807) is 26.4 Å². The number of hydrogen-bond acceptors (Lipinski definition) is 7. The van der Waals surface area contributed by atoms with Crippen molar-refractivity contribution in [1.82, 2.24) is 15.1 Å². The van der Waals surface area contributed by atoms with Gasteiger partial charge < -0.3 is 23.5 Å². The summed E-state index contributed by atoms with van der Waals surface area (Å²) in [6.07, 6.45) is 7.11. The minimum absolute atomic E-state index is 0.176. The van der Waals surface area contributed by atoms with Gasteiger partial charge >= 0.3 is 0 Å². The first-order valence-electron chi connectivity index (χ1n) is 12.9. The molecule has 190 valence electrons. The molecule has 1 saturated heterocycles. The van der Waals surface area contributed by atoms with Gasteiger partial charge in [0, 0.05) is 29.7 Å². The number of rotatable bonds is 4. The van der Waals surface area contributed by atoms with Crippen LogP contribution in [0, 0.1) is 11.2 Å². The third-order valence-corrected chi connectivity index (χ3v) is 10.1. The zero-order valence-electron chi connectivity index (χ0n) is 21.0. The summed E-state index contributed by atoms with van der Waals surface area (Å²) in [5, 5.41) is 8.87. The van der Waals surface area contributed by atoms with Crippen LogP contribution in [0.25, 0.3) is 11.5 Å². The van der Waals surface area contributed by atoms with E-state index in [2.05, 4.69) is 40.4 Å². The summed E-state index contributed by atoms with van der Waals surface area (Å²) in [6, 6.07) is 10.7. The van der Waals surface area contributed by atoms with Gasteiger partial charge in [-0.25, -0.2) is 4.39 Å². The number of methoxy groups -OCH3 is 2. The Morgan fingerprint density at radius 3 is 2.70 bits per heavy atom. The van der Waals surface area contributed by atoms with Crippen LogP contribution in [0.1, 0.15) is 35.8 Å². The quantitative estimate of drug-likeness (QED) is 0.495. The first-order valence-corrected chi connectivity index (χ1v) is 12.9. The summed E-state index contributed by atoms with van der Waals surface area (Å²) in [5.41, 5.74) is 2.16. The molecule has 1 aromatic heterocycles. The van der Waals surface area contributed by atoms with E-state index in [1.807, 2.05) is 6.07 Å². The fraction of sp³-hybridized carbons (Fsp3) is 0.448. The predicted octanol–water partition coefficient (Wildman–Crippen LogP) is 4.27. The van der Waals surface area contributed by atoms with Crippen LogP contribution in [-0.4, -0.2) is 60.7 Å². The highest BCUT2D eigenvalue weighted by molar-refractivity contribution is 5.66. The van der Waals surface area contributed by atoms with Crippen LogP contribution in [0.3, 0.4) is 0 Å². The maximum atomic E-state index is 13.5. The summed E-state index contributed by atoms with van der Waals surface area (Å²) in [6.45, 7) is 0.996. The van der Waals surface area contributed by atoms with Crippen molar-refractivity contribution in [1.29, 1.82) is 0 Å². The maximum Gasteiger partial charge on any atom is 0.247 e. The number of benzene rings is 2. The fourth-order valence-corrected chi connectivity index (χ4v) is 8.57. The number of ether oxygens (including phenoxy) is 3. The van der Waals surface area contributed by atoms with Crippen molar-refractivity contribution in [3.63, 3.8) is 0 Å². The minimum atomic E-state index is -0.784. The van der Waals surface area contributed by atoms with Gasteiger partial charge in [0.2, 0.25) is 11.8 Å². The molecule has 2 spiro atoms. The maximum absolute atomic E-state index is 13.5. The number of hydrogen-bond donors (Lipinski definition) is 0. The summed E-state index contributed by atoms with van der Waals surface area (Å²) in [5.74, 6) is 2.03. The molecule has 0 radical (unpaired) electrons. The van der Waals surface area contributed by atoms with Crippen LogP contribution >= 0.6 is 0 Å². The van der Waals surface area contributed by atoms with Crippen molar-refractivity contribution in [2.75, 3.05) is 27.8 Å². The first kappa shape index (κ1) is 21.8. The Kier molecular flexibility index (Phi) is 4.12. The number of piperidine rings is 1. The molecule has 7 nitrogen and oxygen atoms in total. The van der Waals surface area contributed by atoms with Crippen molar-refractivity contribution < 1.29 is 23.0 Å². The summed E-state index contributed by atoms with van der Waals surface area (Å²) < 4.78 is 39.0. The van der Waals surface area contributed by atoms with Gasteiger partial charge in [-0.05, 0) is 68.8 Å². The number of fused-ring (bicyclic) bond motifs is 1. The summed E-state index contributed by atoms with van der Waals surface area (Å²) >= 11 is 0. The van der Waals surface area contributed by atoms with E-state index >= 15 is 0 Å². The van der Waals surface area contributed by atoms with Crippen molar-refractivity contribution >= 4 is 0 Å². The third-order valence-electron chi connectivity index (χ3n) is 10.1. The van der Waals surface area contributed by atoms with Gasteiger partial charge in [-0.1, -0.05) is 18.2 Å². The van der Waals surface area contributed by atoms with Gasteiger partial charge in [-0.15, -0.1) is 10.2 Å². The molecule has 2 aromatic carbocycles. The lowest BCUT2D eigenvalue weighted by molar-refractivity contribution is -0.200. The van der Waals surface area contributed by atoms with Gasteiger partial charge in [0.15, 0.2) is 11.5 Å². The minimum Gasteiger partial charge on any atom is -0.493 e. The van der Waals surface area contributed by atoms with Crippen LogP contribution in [0.2, 0.25) is 0 Å². The molecule has 6 atom stereocenters.